The highest BCUT2D eigenvalue weighted by Crippen LogP contribution is 2.30. The molecular formula is C23H26F2N6O. The normalized spacial score (nSPS) is 16.2. The Kier molecular flexibility index (Phi) is 6.43. The van der Waals surface area contributed by atoms with Gasteiger partial charge in [-0.3, -0.25) is 9.48 Å². The first-order chi connectivity index (χ1) is 15.4. The number of carbonyl (C=O) groups excluding carboxylic acids is 1. The van der Waals surface area contributed by atoms with Gasteiger partial charge in [0.05, 0.1) is 5.69 Å². The first kappa shape index (κ1) is 21.9. The second kappa shape index (κ2) is 9.42. The molecule has 1 saturated heterocycles. The van der Waals surface area contributed by atoms with Crippen LogP contribution in [0.5, 0.6) is 0 Å². The lowest BCUT2D eigenvalue weighted by Gasteiger charge is -2.33. The van der Waals surface area contributed by atoms with Gasteiger partial charge in [-0.2, -0.15) is 5.10 Å². The lowest BCUT2D eigenvalue weighted by atomic mass is 9.90. The van der Waals surface area contributed by atoms with Gasteiger partial charge in [0, 0.05) is 58.1 Å². The molecule has 1 aliphatic heterocycles. The number of carbonyl (C=O) groups is 1. The van der Waals surface area contributed by atoms with Crippen LogP contribution < -0.4 is 4.90 Å². The summed E-state index contributed by atoms with van der Waals surface area (Å²) in [6, 6.07) is 5.71. The molecule has 0 N–H and O–H groups in total. The number of halogens is 2. The van der Waals surface area contributed by atoms with Gasteiger partial charge in [-0.1, -0.05) is 6.07 Å². The van der Waals surface area contributed by atoms with Gasteiger partial charge in [0.15, 0.2) is 11.6 Å². The fraction of sp³-hybridized carbons (Fsp3) is 0.391. The summed E-state index contributed by atoms with van der Waals surface area (Å²) in [6.07, 6.45) is 7.32. The third kappa shape index (κ3) is 4.92. The topological polar surface area (TPSA) is 67.2 Å². The lowest BCUT2D eigenvalue weighted by molar-refractivity contribution is -0.133. The van der Waals surface area contributed by atoms with Crippen molar-refractivity contribution < 1.29 is 13.6 Å². The molecular weight excluding hydrogens is 414 g/mol. The van der Waals surface area contributed by atoms with Crippen LogP contribution in [0.4, 0.5) is 14.7 Å². The summed E-state index contributed by atoms with van der Waals surface area (Å²) < 4.78 is 28.7. The average Bonchev–Trinajstić information content (AvgIpc) is 3.29. The summed E-state index contributed by atoms with van der Waals surface area (Å²) in [5.41, 5.74) is 2.35. The van der Waals surface area contributed by atoms with Crippen molar-refractivity contribution in [2.45, 2.75) is 31.7 Å². The average molecular weight is 440 g/mol. The van der Waals surface area contributed by atoms with Gasteiger partial charge in [0.1, 0.15) is 6.54 Å². The van der Waals surface area contributed by atoms with Gasteiger partial charge >= 0.3 is 0 Å². The Labute approximate surface area is 185 Å². The molecule has 0 bridgehead atoms. The van der Waals surface area contributed by atoms with Gasteiger partial charge in [0.25, 0.3) is 0 Å². The standard InChI is InChI=1S/C23H26F2N6O/c1-29(2)23-26-13-18(11-16-6-7-19(24)20(25)12-16)22(28-23)17-5-3-9-30(14-17)21(32)15-31-10-4-8-27-31/h4,6-8,10,12-13,17H,3,5,9,11,14-15H2,1-2H3. The van der Waals surface area contributed by atoms with Gasteiger partial charge in [-0.15, -0.1) is 0 Å². The van der Waals surface area contributed by atoms with Crippen molar-refractivity contribution >= 4 is 11.9 Å². The Morgan fingerprint density at radius 1 is 1.25 bits per heavy atom. The van der Waals surface area contributed by atoms with E-state index >= 15 is 0 Å². The number of amides is 1. The van der Waals surface area contributed by atoms with E-state index in [4.69, 9.17) is 4.98 Å². The van der Waals surface area contributed by atoms with Gasteiger partial charge < -0.3 is 9.80 Å². The Morgan fingerprint density at radius 3 is 2.81 bits per heavy atom. The van der Waals surface area contributed by atoms with E-state index in [0.29, 0.717) is 31.0 Å². The number of hydrogen-bond acceptors (Lipinski definition) is 5. The monoisotopic (exact) mass is 440 g/mol. The second-order valence-corrected chi connectivity index (χ2v) is 8.28. The van der Waals surface area contributed by atoms with E-state index in [2.05, 4.69) is 10.1 Å². The number of nitrogens with zero attached hydrogens (tertiary/aromatic N) is 6. The lowest BCUT2D eigenvalue weighted by Crippen LogP contribution is -2.41. The van der Waals surface area contributed by atoms with Gasteiger partial charge in [0.2, 0.25) is 11.9 Å². The molecule has 0 radical (unpaired) electrons. The number of piperidine rings is 1. The number of hydrogen-bond donors (Lipinski definition) is 0. The third-order valence-electron chi connectivity index (χ3n) is 5.68. The Balaban J connectivity index is 1.59. The van der Waals surface area contributed by atoms with Crippen molar-refractivity contribution in [2.75, 3.05) is 32.1 Å². The molecule has 1 amide bonds. The maximum absolute atomic E-state index is 13.7. The van der Waals surface area contributed by atoms with Crippen molar-refractivity contribution in [3.63, 3.8) is 0 Å². The summed E-state index contributed by atoms with van der Waals surface area (Å²) in [7, 11) is 3.74. The molecule has 1 aromatic carbocycles. The Morgan fingerprint density at radius 2 is 2.09 bits per heavy atom. The van der Waals surface area contributed by atoms with Crippen LogP contribution >= 0.6 is 0 Å². The van der Waals surface area contributed by atoms with Crippen molar-refractivity contribution in [3.8, 4) is 0 Å². The summed E-state index contributed by atoms with van der Waals surface area (Å²) >= 11 is 0. The van der Waals surface area contributed by atoms with Crippen molar-refractivity contribution in [1.29, 1.82) is 0 Å². The third-order valence-corrected chi connectivity index (χ3v) is 5.68. The van der Waals surface area contributed by atoms with Crippen LogP contribution in [0.15, 0.2) is 42.9 Å². The van der Waals surface area contributed by atoms with E-state index in [9.17, 15) is 13.6 Å². The van der Waals surface area contributed by atoms with E-state index < -0.39 is 11.6 Å². The first-order valence-electron chi connectivity index (χ1n) is 10.6. The summed E-state index contributed by atoms with van der Waals surface area (Å²) in [4.78, 5) is 25.7. The zero-order chi connectivity index (χ0) is 22.7. The molecule has 7 nitrogen and oxygen atoms in total. The van der Waals surface area contributed by atoms with E-state index in [-0.39, 0.29) is 18.4 Å². The predicted molar refractivity (Wildman–Crippen MR) is 116 cm³/mol. The minimum atomic E-state index is -0.872. The summed E-state index contributed by atoms with van der Waals surface area (Å²) in [5.74, 6) is -1.11. The molecule has 2 aromatic heterocycles. The fourth-order valence-corrected chi connectivity index (χ4v) is 4.04. The number of anilines is 1. The van der Waals surface area contributed by atoms with Crippen LogP contribution in [0.2, 0.25) is 0 Å². The van der Waals surface area contributed by atoms with E-state index in [0.717, 1.165) is 30.2 Å². The molecule has 3 aromatic rings. The number of aromatic nitrogens is 4. The zero-order valence-corrected chi connectivity index (χ0v) is 18.2. The molecule has 1 atom stereocenters. The minimum Gasteiger partial charge on any atom is -0.347 e. The second-order valence-electron chi connectivity index (χ2n) is 8.28. The molecule has 1 aliphatic rings. The number of likely N-dealkylation sites (tertiary alicyclic amines) is 1. The Hall–Kier alpha value is -3.36. The van der Waals surface area contributed by atoms with Crippen LogP contribution in [0.25, 0.3) is 0 Å². The molecule has 3 heterocycles. The van der Waals surface area contributed by atoms with E-state index in [1.165, 1.54) is 6.07 Å². The van der Waals surface area contributed by atoms with Crippen LogP contribution in [0, 0.1) is 11.6 Å². The molecule has 0 aliphatic carbocycles. The smallest absolute Gasteiger partial charge is 0.244 e. The predicted octanol–water partition coefficient (Wildman–Crippen LogP) is 3.01. The van der Waals surface area contributed by atoms with Crippen LogP contribution in [-0.4, -0.2) is 57.7 Å². The largest absolute Gasteiger partial charge is 0.347 e. The van der Waals surface area contributed by atoms with Crippen LogP contribution in [0.1, 0.15) is 35.6 Å². The molecule has 9 heteroatoms. The maximum atomic E-state index is 13.7. The van der Waals surface area contributed by atoms with Gasteiger partial charge in [-0.25, -0.2) is 18.7 Å². The van der Waals surface area contributed by atoms with Crippen molar-refractivity contribution in [3.05, 3.63) is 71.3 Å². The molecule has 0 saturated carbocycles. The van der Waals surface area contributed by atoms with Crippen LogP contribution in [0.3, 0.4) is 0 Å². The molecule has 0 spiro atoms. The highest BCUT2D eigenvalue weighted by molar-refractivity contribution is 5.76. The summed E-state index contributed by atoms with van der Waals surface area (Å²) in [5, 5.41) is 4.12. The van der Waals surface area contributed by atoms with E-state index in [1.54, 1.807) is 35.4 Å². The maximum Gasteiger partial charge on any atom is 0.244 e. The first-order valence-corrected chi connectivity index (χ1v) is 10.6. The fourth-order valence-electron chi connectivity index (χ4n) is 4.04. The summed E-state index contributed by atoms with van der Waals surface area (Å²) in [6.45, 7) is 1.45. The van der Waals surface area contributed by atoms with Crippen molar-refractivity contribution in [2.24, 2.45) is 0 Å². The molecule has 4 rings (SSSR count). The van der Waals surface area contributed by atoms with Crippen molar-refractivity contribution in [1.82, 2.24) is 24.6 Å². The quantitative estimate of drug-likeness (QED) is 0.590. The molecule has 1 unspecified atom stereocenters. The SMILES string of the molecule is CN(C)c1ncc(Cc2ccc(F)c(F)c2)c(C2CCCN(C(=O)Cn3cccn3)C2)n1. The highest BCUT2D eigenvalue weighted by Gasteiger charge is 2.28. The molecule has 1 fully saturated rings. The van der Waals surface area contributed by atoms with E-state index in [1.807, 2.05) is 23.9 Å². The number of benzene rings is 1. The highest BCUT2D eigenvalue weighted by atomic mass is 19.2. The van der Waals surface area contributed by atoms with Gasteiger partial charge in [-0.05, 0) is 42.2 Å². The van der Waals surface area contributed by atoms with Crippen LogP contribution in [-0.2, 0) is 17.8 Å². The number of rotatable bonds is 6. The minimum absolute atomic E-state index is 0.0162. The molecule has 168 valence electrons. The Bertz CT molecular complexity index is 1090. The zero-order valence-electron chi connectivity index (χ0n) is 18.2. The molecule has 32 heavy (non-hydrogen) atoms.